The molecule has 1 saturated carbocycles. The summed E-state index contributed by atoms with van der Waals surface area (Å²) in [5, 5.41) is 5.65. The van der Waals surface area contributed by atoms with Crippen LogP contribution in [-0.4, -0.2) is 27.3 Å². The van der Waals surface area contributed by atoms with Crippen LogP contribution in [0.5, 0.6) is 0 Å². The van der Waals surface area contributed by atoms with Crippen LogP contribution in [0, 0.1) is 6.92 Å². The van der Waals surface area contributed by atoms with Gasteiger partial charge in [0.2, 0.25) is 5.91 Å². The largest absolute Gasteiger partial charge is 0.353 e. The highest BCUT2D eigenvalue weighted by Gasteiger charge is 2.19. The van der Waals surface area contributed by atoms with Crippen LogP contribution < -0.4 is 10.9 Å². The van der Waals surface area contributed by atoms with Gasteiger partial charge < -0.3 is 5.32 Å². The van der Waals surface area contributed by atoms with Crippen molar-refractivity contribution in [3.05, 3.63) is 45.6 Å². The van der Waals surface area contributed by atoms with Crippen molar-refractivity contribution in [2.24, 2.45) is 7.05 Å². The number of carbonyl (C=O) groups excluding carboxylic acids is 1. The number of carbonyl (C=O) groups is 1. The maximum absolute atomic E-state index is 12.8. The summed E-state index contributed by atoms with van der Waals surface area (Å²) in [5.41, 5.74) is 3.86. The van der Waals surface area contributed by atoms with E-state index in [9.17, 15) is 9.59 Å². The van der Waals surface area contributed by atoms with Crippen LogP contribution in [0.15, 0.2) is 39.6 Å². The van der Waals surface area contributed by atoms with Crippen molar-refractivity contribution in [1.82, 2.24) is 14.9 Å². The number of hydrogen-bond acceptors (Lipinski definition) is 5. The topological polar surface area (TPSA) is 64.0 Å². The summed E-state index contributed by atoms with van der Waals surface area (Å²) in [6.45, 7) is 2.05. The van der Waals surface area contributed by atoms with Crippen LogP contribution in [0.4, 0.5) is 0 Å². The Morgan fingerprint density at radius 1 is 1.29 bits per heavy atom. The Kier molecular flexibility index (Phi) is 5.55. The lowest BCUT2D eigenvalue weighted by Crippen LogP contribution is -2.34. The summed E-state index contributed by atoms with van der Waals surface area (Å²) in [7, 11) is 1.72. The summed E-state index contributed by atoms with van der Waals surface area (Å²) < 4.78 is 2.20. The van der Waals surface area contributed by atoms with Crippen molar-refractivity contribution in [3.63, 3.8) is 0 Å². The second-order valence-corrected chi connectivity index (χ2v) is 9.11. The summed E-state index contributed by atoms with van der Waals surface area (Å²) in [6.07, 6.45) is 4.50. The number of nitrogens with zero attached hydrogens (tertiary/aromatic N) is 2. The molecule has 4 rings (SSSR count). The van der Waals surface area contributed by atoms with Gasteiger partial charge in [0.25, 0.3) is 5.56 Å². The molecule has 0 spiro atoms. The molecule has 0 saturated heterocycles. The molecule has 1 aliphatic carbocycles. The number of aromatic nitrogens is 2. The number of thioether (sulfide) groups is 1. The van der Waals surface area contributed by atoms with Crippen LogP contribution in [-0.2, 0) is 11.8 Å². The van der Waals surface area contributed by atoms with E-state index in [-0.39, 0.29) is 17.2 Å². The molecule has 146 valence electrons. The minimum atomic E-state index is -0.0629. The maximum atomic E-state index is 12.8. The van der Waals surface area contributed by atoms with Crippen molar-refractivity contribution in [3.8, 4) is 11.1 Å². The highest BCUT2D eigenvalue weighted by molar-refractivity contribution is 7.99. The van der Waals surface area contributed by atoms with Crippen molar-refractivity contribution in [2.75, 3.05) is 5.75 Å². The smallest absolute Gasteiger partial charge is 0.271 e. The predicted molar refractivity (Wildman–Crippen MR) is 116 cm³/mol. The quantitative estimate of drug-likeness (QED) is 0.505. The molecular weight excluding hydrogens is 390 g/mol. The molecule has 0 radical (unpaired) electrons. The lowest BCUT2D eigenvalue weighted by Gasteiger charge is -2.12. The van der Waals surface area contributed by atoms with Gasteiger partial charge in [0.1, 0.15) is 4.70 Å². The normalized spacial score (nSPS) is 14.6. The Hall–Kier alpha value is -2.12. The van der Waals surface area contributed by atoms with Gasteiger partial charge in [0, 0.05) is 24.0 Å². The Morgan fingerprint density at radius 3 is 2.71 bits per heavy atom. The summed E-state index contributed by atoms with van der Waals surface area (Å²) in [4.78, 5) is 29.8. The second-order valence-electron chi connectivity index (χ2n) is 7.29. The van der Waals surface area contributed by atoms with Gasteiger partial charge in [-0.1, -0.05) is 54.4 Å². The third-order valence-corrected chi connectivity index (χ3v) is 7.16. The Labute approximate surface area is 172 Å². The van der Waals surface area contributed by atoms with Crippen LogP contribution in [0.1, 0.15) is 31.2 Å². The highest BCUT2D eigenvalue weighted by atomic mass is 32.2. The minimum Gasteiger partial charge on any atom is -0.353 e. The lowest BCUT2D eigenvalue weighted by atomic mass is 10.1. The molecule has 28 heavy (non-hydrogen) atoms. The van der Waals surface area contributed by atoms with E-state index < -0.39 is 0 Å². The van der Waals surface area contributed by atoms with E-state index in [1.54, 1.807) is 11.6 Å². The zero-order valence-corrected chi connectivity index (χ0v) is 17.7. The number of nitrogens with one attached hydrogen (secondary N) is 1. The first-order valence-corrected chi connectivity index (χ1v) is 11.4. The predicted octanol–water partition coefficient (Wildman–Crippen LogP) is 4.12. The lowest BCUT2D eigenvalue weighted by molar-refractivity contribution is -0.119. The zero-order chi connectivity index (χ0) is 19.7. The maximum Gasteiger partial charge on any atom is 0.271 e. The molecule has 1 N–H and O–H groups in total. The van der Waals surface area contributed by atoms with Gasteiger partial charge in [0.15, 0.2) is 5.16 Å². The minimum absolute atomic E-state index is 0.00956. The number of hydrogen-bond donors (Lipinski definition) is 1. The van der Waals surface area contributed by atoms with Gasteiger partial charge >= 0.3 is 0 Å². The summed E-state index contributed by atoms with van der Waals surface area (Å²) in [6, 6.07) is 8.53. The van der Waals surface area contributed by atoms with Gasteiger partial charge in [0.05, 0.1) is 11.3 Å². The van der Waals surface area contributed by atoms with E-state index in [0.717, 1.165) is 29.5 Å². The fourth-order valence-electron chi connectivity index (χ4n) is 3.56. The van der Waals surface area contributed by atoms with Gasteiger partial charge in [-0.2, -0.15) is 0 Å². The number of rotatable bonds is 5. The molecule has 0 bridgehead atoms. The van der Waals surface area contributed by atoms with E-state index in [4.69, 9.17) is 4.98 Å². The van der Waals surface area contributed by atoms with E-state index in [1.165, 1.54) is 41.5 Å². The zero-order valence-electron chi connectivity index (χ0n) is 16.0. The summed E-state index contributed by atoms with van der Waals surface area (Å²) in [5.74, 6) is 0.280. The standard InChI is InChI=1S/C21H23N3O2S2/c1-13-7-9-14(10-8-13)16-11-27-19-18(16)23-21(24(2)20(19)26)28-12-17(25)22-15-5-3-4-6-15/h7-11,15H,3-6,12H2,1-2H3,(H,22,25). The molecule has 1 aromatic carbocycles. The second kappa shape index (κ2) is 8.09. The molecule has 5 nitrogen and oxygen atoms in total. The molecule has 2 aromatic heterocycles. The molecular formula is C21H23N3O2S2. The van der Waals surface area contributed by atoms with Gasteiger partial charge in [-0.3, -0.25) is 14.2 Å². The third kappa shape index (κ3) is 3.86. The molecule has 1 fully saturated rings. The molecule has 0 atom stereocenters. The van der Waals surface area contributed by atoms with Crippen LogP contribution in [0.3, 0.4) is 0 Å². The highest BCUT2D eigenvalue weighted by Crippen LogP contribution is 2.32. The van der Waals surface area contributed by atoms with E-state index in [0.29, 0.717) is 15.9 Å². The van der Waals surface area contributed by atoms with Gasteiger partial charge in [-0.15, -0.1) is 11.3 Å². The average Bonchev–Trinajstić information content (AvgIpc) is 3.34. The van der Waals surface area contributed by atoms with Gasteiger partial charge in [-0.25, -0.2) is 4.98 Å². The van der Waals surface area contributed by atoms with E-state index in [1.807, 2.05) is 5.38 Å². The fraction of sp³-hybridized carbons (Fsp3) is 0.381. The Morgan fingerprint density at radius 2 is 2.00 bits per heavy atom. The van der Waals surface area contributed by atoms with Crippen molar-refractivity contribution in [2.45, 2.75) is 43.8 Å². The molecule has 1 aliphatic rings. The molecule has 3 aromatic rings. The Balaban J connectivity index is 1.60. The number of thiophene rings is 1. The first-order chi connectivity index (χ1) is 13.5. The Bertz CT molecular complexity index is 1060. The molecule has 7 heteroatoms. The van der Waals surface area contributed by atoms with Crippen LogP contribution in [0.2, 0.25) is 0 Å². The monoisotopic (exact) mass is 413 g/mol. The first-order valence-electron chi connectivity index (χ1n) is 9.50. The number of benzene rings is 1. The fourth-order valence-corrected chi connectivity index (χ4v) is 5.33. The van der Waals surface area contributed by atoms with Crippen molar-refractivity contribution < 1.29 is 4.79 Å². The molecule has 1 amide bonds. The molecule has 2 heterocycles. The summed E-state index contributed by atoms with van der Waals surface area (Å²) >= 11 is 2.75. The average molecular weight is 414 g/mol. The third-order valence-electron chi connectivity index (χ3n) is 5.17. The van der Waals surface area contributed by atoms with E-state index in [2.05, 4.69) is 36.5 Å². The van der Waals surface area contributed by atoms with Crippen LogP contribution in [0.25, 0.3) is 21.3 Å². The van der Waals surface area contributed by atoms with E-state index >= 15 is 0 Å². The number of aryl methyl sites for hydroxylation is 1. The van der Waals surface area contributed by atoms with Crippen molar-refractivity contribution in [1.29, 1.82) is 0 Å². The molecule has 0 aliphatic heterocycles. The SMILES string of the molecule is Cc1ccc(-c2csc3c(=O)n(C)c(SCC(=O)NC4CCCC4)nc23)cc1. The number of fused-ring (bicyclic) bond motifs is 1. The molecule has 0 unspecified atom stereocenters. The van der Waals surface area contributed by atoms with Crippen molar-refractivity contribution >= 4 is 39.2 Å². The van der Waals surface area contributed by atoms with Gasteiger partial charge in [-0.05, 0) is 25.3 Å². The first kappa shape index (κ1) is 19.2. The van der Waals surface area contributed by atoms with Crippen LogP contribution >= 0.6 is 23.1 Å². The number of amides is 1.